The van der Waals surface area contributed by atoms with E-state index in [1.165, 1.54) is 18.9 Å². The summed E-state index contributed by atoms with van der Waals surface area (Å²) in [5.41, 5.74) is 0.864. The number of oxazole rings is 1. The molecule has 9 heteroatoms. The predicted molar refractivity (Wildman–Crippen MR) is 99.1 cm³/mol. The summed E-state index contributed by atoms with van der Waals surface area (Å²) in [7, 11) is 1.28. The standard InChI is InChI=1S/C17H19ClN2O5S/c1-10(16(21)20-8-14(24-2)17(22)23)26-9-15-19-7-13(25-15)11-3-5-12(18)6-4-11/h3-7,10,14H,8-9H2,1-2H3,(H,20,21)(H,22,23). The Bertz CT molecular complexity index is 750. The number of nitrogens with zero attached hydrogens (tertiary/aromatic N) is 1. The molecule has 1 amide bonds. The average Bonchev–Trinajstić information content (AvgIpc) is 3.09. The number of carboxylic acid groups (broad SMARTS) is 1. The number of aliphatic carboxylic acids is 1. The third-order valence-corrected chi connectivity index (χ3v) is 4.91. The SMILES string of the molecule is COC(CNC(=O)C(C)SCc1ncc(-c2ccc(Cl)cc2)o1)C(=O)O. The van der Waals surface area contributed by atoms with Crippen LogP contribution < -0.4 is 5.32 Å². The fraction of sp³-hybridized carbons (Fsp3) is 0.353. The van der Waals surface area contributed by atoms with Gasteiger partial charge in [0.2, 0.25) is 11.8 Å². The number of benzene rings is 1. The summed E-state index contributed by atoms with van der Waals surface area (Å²) in [6.07, 6.45) is 0.560. The molecule has 0 aliphatic heterocycles. The Morgan fingerprint density at radius 1 is 1.38 bits per heavy atom. The molecular formula is C17H19ClN2O5S. The molecule has 0 bridgehead atoms. The molecule has 0 spiro atoms. The molecule has 2 rings (SSSR count). The number of ether oxygens (including phenoxy) is 1. The first-order chi connectivity index (χ1) is 12.4. The predicted octanol–water partition coefficient (Wildman–Crippen LogP) is 2.83. The zero-order valence-corrected chi connectivity index (χ0v) is 15.8. The van der Waals surface area contributed by atoms with Crippen LogP contribution in [0.25, 0.3) is 11.3 Å². The minimum atomic E-state index is -1.12. The summed E-state index contributed by atoms with van der Waals surface area (Å²) in [4.78, 5) is 27.1. The van der Waals surface area contributed by atoms with Crippen molar-refractivity contribution < 1.29 is 23.8 Å². The number of methoxy groups -OCH3 is 1. The summed E-state index contributed by atoms with van der Waals surface area (Å²) in [6.45, 7) is 1.64. The number of hydrogen-bond acceptors (Lipinski definition) is 6. The lowest BCUT2D eigenvalue weighted by molar-refractivity contribution is -0.148. The van der Waals surface area contributed by atoms with Gasteiger partial charge in [0.15, 0.2) is 11.9 Å². The zero-order chi connectivity index (χ0) is 19.1. The topological polar surface area (TPSA) is 102 Å². The van der Waals surface area contributed by atoms with E-state index in [9.17, 15) is 9.59 Å². The molecule has 0 radical (unpaired) electrons. The van der Waals surface area contributed by atoms with Gasteiger partial charge < -0.3 is 19.6 Å². The molecule has 140 valence electrons. The number of thioether (sulfide) groups is 1. The highest BCUT2D eigenvalue weighted by atomic mass is 35.5. The summed E-state index contributed by atoms with van der Waals surface area (Å²) in [5.74, 6) is 0.138. The van der Waals surface area contributed by atoms with Crippen molar-refractivity contribution in [1.82, 2.24) is 10.3 Å². The number of halogens is 1. The molecule has 0 aliphatic carbocycles. The van der Waals surface area contributed by atoms with Crippen LogP contribution in [0.4, 0.5) is 0 Å². The van der Waals surface area contributed by atoms with Crippen molar-refractivity contribution in [2.75, 3.05) is 13.7 Å². The Hall–Kier alpha value is -2.03. The molecule has 2 N–H and O–H groups in total. The largest absolute Gasteiger partial charge is 0.479 e. The number of rotatable bonds is 9. The molecule has 0 fully saturated rings. The maximum Gasteiger partial charge on any atom is 0.334 e. The first-order valence-electron chi connectivity index (χ1n) is 7.76. The van der Waals surface area contributed by atoms with Gasteiger partial charge in [-0.15, -0.1) is 11.8 Å². The van der Waals surface area contributed by atoms with Gasteiger partial charge in [0, 0.05) is 17.7 Å². The summed E-state index contributed by atoms with van der Waals surface area (Å²) < 4.78 is 10.5. The highest BCUT2D eigenvalue weighted by Gasteiger charge is 2.20. The van der Waals surface area contributed by atoms with Crippen molar-refractivity contribution in [2.24, 2.45) is 0 Å². The van der Waals surface area contributed by atoms with Crippen LogP contribution in [0.2, 0.25) is 5.02 Å². The number of hydrogen-bond donors (Lipinski definition) is 2. The first kappa shape index (κ1) is 20.3. The molecule has 1 aromatic heterocycles. The van der Waals surface area contributed by atoms with E-state index in [2.05, 4.69) is 10.3 Å². The molecule has 0 aliphatic rings. The van der Waals surface area contributed by atoms with Gasteiger partial charge in [-0.05, 0) is 31.2 Å². The van der Waals surface area contributed by atoms with E-state index in [4.69, 9.17) is 25.9 Å². The van der Waals surface area contributed by atoms with E-state index in [0.717, 1.165) is 5.56 Å². The maximum atomic E-state index is 12.0. The lowest BCUT2D eigenvalue weighted by Gasteiger charge is -2.14. The molecule has 1 aromatic carbocycles. The normalized spacial score (nSPS) is 13.2. The molecule has 26 heavy (non-hydrogen) atoms. The van der Waals surface area contributed by atoms with Crippen LogP contribution in [0, 0.1) is 0 Å². The molecule has 2 aromatic rings. The van der Waals surface area contributed by atoms with E-state index in [0.29, 0.717) is 22.4 Å². The minimum absolute atomic E-state index is 0.0880. The van der Waals surface area contributed by atoms with Crippen molar-refractivity contribution in [3.63, 3.8) is 0 Å². The highest BCUT2D eigenvalue weighted by Crippen LogP contribution is 2.25. The van der Waals surface area contributed by atoms with E-state index in [-0.39, 0.29) is 12.5 Å². The Balaban J connectivity index is 1.83. The average molecular weight is 399 g/mol. The van der Waals surface area contributed by atoms with Crippen molar-refractivity contribution in [2.45, 2.75) is 24.0 Å². The lowest BCUT2D eigenvalue weighted by Crippen LogP contribution is -2.40. The van der Waals surface area contributed by atoms with Crippen LogP contribution in [-0.4, -0.2) is 47.0 Å². The van der Waals surface area contributed by atoms with Gasteiger partial charge in [0.25, 0.3) is 0 Å². The number of nitrogens with one attached hydrogen (secondary N) is 1. The van der Waals surface area contributed by atoms with Crippen molar-refractivity contribution in [1.29, 1.82) is 0 Å². The van der Waals surface area contributed by atoms with Crippen molar-refractivity contribution in [3.05, 3.63) is 41.4 Å². The fourth-order valence-corrected chi connectivity index (χ4v) is 2.89. The van der Waals surface area contributed by atoms with Crippen LogP contribution in [0.3, 0.4) is 0 Å². The fourth-order valence-electron chi connectivity index (χ4n) is 2.01. The zero-order valence-electron chi connectivity index (χ0n) is 14.3. The summed E-state index contributed by atoms with van der Waals surface area (Å²) in [5, 5.41) is 11.7. The Morgan fingerprint density at radius 2 is 2.08 bits per heavy atom. The van der Waals surface area contributed by atoms with E-state index in [1.807, 2.05) is 12.1 Å². The number of carbonyl (C=O) groups excluding carboxylic acids is 1. The smallest absolute Gasteiger partial charge is 0.334 e. The molecule has 2 unspecified atom stereocenters. The number of carboxylic acids is 1. The number of aromatic nitrogens is 1. The van der Waals surface area contributed by atoms with Crippen LogP contribution in [0.1, 0.15) is 12.8 Å². The summed E-state index contributed by atoms with van der Waals surface area (Å²) in [6, 6.07) is 7.21. The monoisotopic (exact) mass is 398 g/mol. The Kier molecular flexibility index (Phi) is 7.50. The summed E-state index contributed by atoms with van der Waals surface area (Å²) >= 11 is 7.20. The Morgan fingerprint density at radius 3 is 2.69 bits per heavy atom. The second-order valence-electron chi connectivity index (χ2n) is 5.39. The van der Waals surface area contributed by atoms with Gasteiger partial charge in [-0.3, -0.25) is 4.79 Å². The second kappa shape index (κ2) is 9.61. The van der Waals surface area contributed by atoms with Crippen LogP contribution in [0.15, 0.2) is 34.9 Å². The quantitative estimate of drug-likeness (QED) is 0.669. The maximum absolute atomic E-state index is 12.0. The highest BCUT2D eigenvalue weighted by molar-refractivity contribution is 7.99. The number of carbonyl (C=O) groups is 2. The van der Waals surface area contributed by atoms with Crippen LogP contribution >= 0.6 is 23.4 Å². The van der Waals surface area contributed by atoms with Crippen molar-refractivity contribution >= 4 is 35.2 Å². The third-order valence-electron chi connectivity index (χ3n) is 3.53. The number of amides is 1. The molecule has 0 saturated carbocycles. The van der Waals surface area contributed by atoms with Crippen molar-refractivity contribution in [3.8, 4) is 11.3 Å². The van der Waals surface area contributed by atoms with E-state index in [1.54, 1.807) is 25.3 Å². The van der Waals surface area contributed by atoms with Gasteiger partial charge in [-0.2, -0.15) is 0 Å². The first-order valence-corrected chi connectivity index (χ1v) is 9.19. The van der Waals surface area contributed by atoms with Crippen LogP contribution in [-0.2, 0) is 20.1 Å². The third kappa shape index (κ3) is 5.76. The molecule has 2 atom stereocenters. The lowest BCUT2D eigenvalue weighted by atomic mass is 10.2. The minimum Gasteiger partial charge on any atom is -0.479 e. The van der Waals surface area contributed by atoms with Gasteiger partial charge in [-0.25, -0.2) is 9.78 Å². The Labute approximate surface area is 160 Å². The van der Waals surface area contributed by atoms with Gasteiger partial charge >= 0.3 is 5.97 Å². The second-order valence-corrected chi connectivity index (χ2v) is 7.15. The molecule has 1 heterocycles. The van der Waals surface area contributed by atoms with E-state index < -0.39 is 17.3 Å². The molecule has 7 nitrogen and oxygen atoms in total. The van der Waals surface area contributed by atoms with Gasteiger partial charge in [-0.1, -0.05) is 11.6 Å². The van der Waals surface area contributed by atoms with Gasteiger partial charge in [0.05, 0.1) is 23.7 Å². The molecule has 0 saturated heterocycles. The van der Waals surface area contributed by atoms with Crippen LogP contribution in [0.5, 0.6) is 0 Å². The molecular weight excluding hydrogens is 380 g/mol. The van der Waals surface area contributed by atoms with E-state index >= 15 is 0 Å². The van der Waals surface area contributed by atoms with Gasteiger partial charge in [0.1, 0.15) is 0 Å².